The van der Waals surface area contributed by atoms with Crippen LogP contribution in [0.3, 0.4) is 0 Å². The molecule has 0 heterocycles. The molecule has 0 saturated heterocycles. The molecule has 5 heteroatoms. The van der Waals surface area contributed by atoms with Crippen molar-refractivity contribution in [2.24, 2.45) is 0 Å². The highest BCUT2D eigenvalue weighted by molar-refractivity contribution is 7.46. The number of benzene rings is 1. The Bertz CT molecular complexity index is 582. The minimum Gasteiger partial charge on any atom is -0.404 e. The van der Waals surface area contributed by atoms with Crippen LogP contribution in [-0.2, 0) is 4.57 Å². The number of hydrogen-bond acceptors (Lipinski definition) is 2. The minimum absolute atomic E-state index is 0.220. The summed E-state index contributed by atoms with van der Waals surface area (Å²) in [5.74, 6) is 0.928. The van der Waals surface area contributed by atoms with Gasteiger partial charge in [0.15, 0.2) is 0 Å². The number of unbranched alkanes of at least 4 members (excludes halogenated alkanes) is 6. The molecule has 1 aromatic rings. The fraction of sp³-hybridized carbons (Fsp3) is 0.727. The second-order valence-corrected chi connectivity index (χ2v) is 9.01. The first-order chi connectivity index (χ1) is 12.8. The van der Waals surface area contributed by atoms with E-state index in [1.165, 1.54) is 50.5 Å². The van der Waals surface area contributed by atoms with Crippen molar-refractivity contribution in [3.05, 3.63) is 29.3 Å². The fourth-order valence-corrected chi connectivity index (χ4v) is 4.20. The Morgan fingerprint density at radius 2 is 1.44 bits per heavy atom. The van der Waals surface area contributed by atoms with Gasteiger partial charge in [-0.2, -0.15) is 0 Å². The normalized spacial score (nSPS) is 14.1. The largest absolute Gasteiger partial charge is 0.524 e. The summed E-state index contributed by atoms with van der Waals surface area (Å²) in [6.07, 6.45) is 11.8. The molecule has 0 radical (unpaired) electrons. The van der Waals surface area contributed by atoms with Gasteiger partial charge in [0.05, 0.1) is 0 Å². The Morgan fingerprint density at radius 3 is 1.96 bits per heavy atom. The van der Waals surface area contributed by atoms with Gasteiger partial charge in [0.1, 0.15) is 5.75 Å². The van der Waals surface area contributed by atoms with Crippen LogP contribution in [0.15, 0.2) is 18.2 Å². The zero-order valence-corrected chi connectivity index (χ0v) is 18.5. The van der Waals surface area contributed by atoms with Crippen LogP contribution < -0.4 is 4.52 Å². The van der Waals surface area contributed by atoms with Gasteiger partial charge in [-0.1, -0.05) is 91.2 Å². The summed E-state index contributed by atoms with van der Waals surface area (Å²) in [6, 6.07) is 5.66. The monoisotopic (exact) mass is 398 g/mol. The molecule has 2 atom stereocenters. The summed E-state index contributed by atoms with van der Waals surface area (Å²) < 4.78 is 16.6. The Kier molecular flexibility index (Phi) is 11.3. The molecule has 1 rings (SSSR count). The number of hydrogen-bond donors (Lipinski definition) is 2. The van der Waals surface area contributed by atoms with E-state index in [0.29, 0.717) is 11.7 Å². The minimum atomic E-state index is -4.57. The van der Waals surface area contributed by atoms with Gasteiger partial charge < -0.3 is 4.52 Å². The van der Waals surface area contributed by atoms with Crippen molar-refractivity contribution in [3.63, 3.8) is 0 Å². The van der Waals surface area contributed by atoms with E-state index in [-0.39, 0.29) is 5.92 Å². The highest BCUT2D eigenvalue weighted by Crippen LogP contribution is 2.44. The summed E-state index contributed by atoms with van der Waals surface area (Å²) in [6.45, 7) is 8.78. The lowest BCUT2D eigenvalue weighted by Gasteiger charge is -2.24. The molecule has 0 aromatic heterocycles. The van der Waals surface area contributed by atoms with E-state index >= 15 is 0 Å². The SMILES string of the molecule is CCCCCCC(C)c1cccc(OP(=O)(O)O)c1C(C)CCCCCC. The Balaban J connectivity index is 3.02. The molecule has 4 nitrogen and oxygen atoms in total. The molecule has 2 unspecified atom stereocenters. The van der Waals surface area contributed by atoms with Crippen molar-refractivity contribution in [1.29, 1.82) is 0 Å². The second-order valence-electron chi connectivity index (χ2n) is 7.84. The van der Waals surface area contributed by atoms with Crippen LogP contribution in [0.4, 0.5) is 0 Å². The molecule has 0 amide bonds. The second kappa shape index (κ2) is 12.6. The molecular weight excluding hydrogens is 359 g/mol. The molecule has 0 spiro atoms. The molecule has 0 bridgehead atoms. The summed E-state index contributed by atoms with van der Waals surface area (Å²) >= 11 is 0. The van der Waals surface area contributed by atoms with E-state index in [1.807, 2.05) is 6.07 Å². The highest BCUT2D eigenvalue weighted by atomic mass is 31.2. The van der Waals surface area contributed by atoms with Crippen LogP contribution in [0.2, 0.25) is 0 Å². The zero-order valence-electron chi connectivity index (χ0n) is 17.6. The topological polar surface area (TPSA) is 66.8 Å². The van der Waals surface area contributed by atoms with Gasteiger partial charge in [0.25, 0.3) is 0 Å². The Labute approximate surface area is 166 Å². The van der Waals surface area contributed by atoms with E-state index in [0.717, 1.165) is 24.8 Å². The third kappa shape index (κ3) is 9.27. The fourth-order valence-electron chi connectivity index (χ4n) is 3.78. The molecule has 27 heavy (non-hydrogen) atoms. The summed E-state index contributed by atoms with van der Waals surface area (Å²) in [4.78, 5) is 18.7. The van der Waals surface area contributed by atoms with Crippen LogP contribution in [-0.4, -0.2) is 9.79 Å². The van der Waals surface area contributed by atoms with Gasteiger partial charge >= 0.3 is 7.82 Å². The quantitative estimate of drug-likeness (QED) is 0.255. The standard InChI is InChI=1S/C22H39O4P/c1-5-7-9-11-14-18(3)20-16-13-17-21(26-27(23,24)25)22(20)19(4)15-12-10-8-6-2/h13,16-19H,5-12,14-15H2,1-4H3,(H2,23,24,25). The van der Waals surface area contributed by atoms with Crippen molar-refractivity contribution >= 4 is 7.82 Å². The van der Waals surface area contributed by atoms with Gasteiger partial charge in [-0.25, -0.2) is 4.57 Å². The maximum atomic E-state index is 11.5. The Hall–Kier alpha value is -0.830. The van der Waals surface area contributed by atoms with Crippen LogP contribution in [0.25, 0.3) is 0 Å². The first-order valence-corrected chi connectivity index (χ1v) is 12.2. The van der Waals surface area contributed by atoms with Crippen molar-refractivity contribution < 1.29 is 18.9 Å². The number of phosphoric ester groups is 1. The van der Waals surface area contributed by atoms with E-state index in [2.05, 4.69) is 33.8 Å². The molecular formula is C22H39O4P. The lowest BCUT2D eigenvalue weighted by Crippen LogP contribution is -2.07. The van der Waals surface area contributed by atoms with Gasteiger partial charge in [-0.3, -0.25) is 9.79 Å². The van der Waals surface area contributed by atoms with Gasteiger partial charge in [-0.15, -0.1) is 0 Å². The van der Waals surface area contributed by atoms with Gasteiger partial charge in [0, 0.05) is 5.56 Å². The van der Waals surface area contributed by atoms with E-state index in [1.54, 1.807) is 6.07 Å². The van der Waals surface area contributed by atoms with Crippen molar-refractivity contribution in [1.82, 2.24) is 0 Å². The average molecular weight is 399 g/mol. The highest BCUT2D eigenvalue weighted by Gasteiger charge is 2.24. The third-order valence-electron chi connectivity index (χ3n) is 5.32. The van der Waals surface area contributed by atoms with Crippen LogP contribution in [0.1, 0.15) is 115 Å². The molecule has 0 saturated carbocycles. The van der Waals surface area contributed by atoms with Crippen LogP contribution >= 0.6 is 7.82 Å². The molecule has 0 aliphatic rings. The number of rotatable bonds is 14. The molecule has 0 fully saturated rings. The Morgan fingerprint density at radius 1 is 0.889 bits per heavy atom. The summed E-state index contributed by atoms with van der Waals surface area (Å²) in [7, 11) is -4.57. The van der Waals surface area contributed by atoms with Gasteiger partial charge in [0.2, 0.25) is 0 Å². The van der Waals surface area contributed by atoms with Crippen LogP contribution in [0.5, 0.6) is 5.75 Å². The molecule has 1 aromatic carbocycles. The smallest absolute Gasteiger partial charge is 0.404 e. The summed E-state index contributed by atoms with van der Waals surface area (Å²) in [5, 5.41) is 0. The van der Waals surface area contributed by atoms with E-state index < -0.39 is 7.82 Å². The lowest BCUT2D eigenvalue weighted by atomic mass is 9.84. The van der Waals surface area contributed by atoms with Crippen molar-refractivity contribution in [2.75, 3.05) is 0 Å². The first kappa shape index (κ1) is 24.2. The van der Waals surface area contributed by atoms with Crippen LogP contribution in [0, 0.1) is 0 Å². The van der Waals surface area contributed by atoms with Crippen molar-refractivity contribution in [3.8, 4) is 5.75 Å². The predicted molar refractivity (Wildman–Crippen MR) is 113 cm³/mol. The number of phosphoric acid groups is 1. The maximum Gasteiger partial charge on any atom is 0.524 e. The lowest BCUT2D eigenvalue weighted by molar-refractivity contribution is 0.281. The maximum absolute atomic E-state index is 11.5. The third-order valence-corrected chi connectivity index (χ3v) is 5.76. The predicted octanol–water partition coefficient (Wildman–Crippen LogP) is 7.31. The first-order valence-electron chi connectivity index (χ1n) is 10.7. The molecule has 0 aliphatic carbocycles. The van der Waals surface area contributed by atoms with E-state index in [9.17, 15) is 14.4 Å². The average Bonchev–Trinajstić information content (AvgIpc) is 2.60. The van der Waals surface area contributed by atoms with E-state index in [4.69, 9.17) is 4.52 Å². The molecule has 2 N–H and O–H groups in total. The molecule has 0 aliphatic heterocycles. The zero-order chi connectivity index (χ0) is 20.3. The van der Waals surface area contributed by atoms with Crippen molar-refractivity contribution in [2.45, 2.75) is 104 Å². The van der Waals surface area contributed by atoms with Gasteiger partial charge in [-0.05, 0) is 36.3 Å². The molecule has 156 valence electrons. The summed E-state index contributed by atoms with van der Waals surface area (Å²) in [5.41, 5.74) is 2.17.